The maximum absolute atomic E-state index is 11.5. The third-order valence-corrected chi connectivity index (χ3v) is 4.81. The van der Waals surface area contributed by atoms with Crippen LogP contribution in [0.1, 0.15) is 22.9 Å². The summed E-state index contributed by atoms with van der Waals surface area (Å²) >= 11 is 0. The zero-order valence-electron chi connectivity index (χ0n) is 16.4. The predicted octanol–water partition coefficient (Wildman–Crippen LogP) is 3.79. The number of hydrogen-bond acceptors (Lipinski definition) is 5. The van der Waals surface area contributed by atoms with Gasteiger partial charge in [-0.3, -0.25) is 4.98 Å². The van der Waals surface area contributed by atoms with Crippen molar-refractivity contribution in [2.24, 2.45) is 0 Å². The summed E-state index contributed by atoms with van der Waals surface area (Å²) in [7, 11) is 0. The Balaban J connectivity index is 1.77. The number of benzene rings is 2. The van der Waals surface area contributed by atoms with Crippen molar-refractivity contribution in [3.8, 4) is 23.1 Å². The van der Waals surface area contributed by atoms with Crippen molar-refractivity contribution < 1.29 is 19.5 Å². The minimum absolute atomic E-state index is 0.221. The second-order valence-electron chi connectivity index (χ2n) is 6.82. The quantitative estimate of drug-likeness (QED) is 0.430. The van der Waals surface area contributed by atoms with Gasteiger partial charge in [0.05, 0.1) is 6.04 Å². The van der Waals surface area contributed by atoms with E-state index in [4.69, 9.17) is 9.63 Å². The first-order chi connectivity index (χ1) is 15.2. The van der Waals surface area contributed by atoms with E-state index in [9.17, 15) is 9.90 Å². The SMILES string of the molecule is O=C(O)N[C@@H](Cc1ccccn1)c1ccccc1-c1noc2cc(C#CCO)ccc12. The summed E-state index contributed by atoms with van der Waals surface area (Å²) in [6.45, 7) is -0.221. The second kappa shape index (κ2) is 9.11. The highest BCUT2D eigenvalue weighted by molar-refractivity contribution is 5.93. The molecule has 0 spiro atoms. The third kappa shape index (κ3) is 4.55. The first kappa shape index (κ1) is 20.1. The molecule has 0 bridgehead atoms. The molecule has 31 heavy (non-hydrogen) atoms. The highest BCUT2D eigenvalue weighted by Crippen LogP contribution is 2.34. The van der Waals surface area contributed by atoms with Gasteiger partial charge in [-0.15, -0.1) is 0 Å². The molecule has 2 heterocycles. The number of aromatic nitrogens is 2. The molecule has 7 nitrogen and oxygen atoms in total. The Kier molecular flexibility index (Phi) is 5.92. The maximum Gasteiger partial charge on any atom is 0.405 e. The molecule has 2 aromatic carbocycles. The summed E-state index contributed by atoms with van der Waals surface area (Å²) in [5.41, 5.74) is 4.19. The third-order valence-electron chi connectivity index (χ3n) is 4.81. The van der Waals surface area contributed by atoms with Gasteiger partial charge in [0.15, 0.2) is 5.58 Å². The van der Waals surface area contributed by atoms with Crippen molar-refractivity contribution in [2.45, 2.75) is 12.5 Å². The van der Waals surface area contributed by atoms with Gasteiger partial charge in [-0.25, -0.2) is 4.79 Å². The fourth-order valence-corrected chi connectivity index (χ4v) is 3.48. The minimum atomic E-state index is -1.12. The van der Waals surface area contributed by atoms with Gasteiger partial charge < -0.3 is 20.1 Å². The number of fused-ring (bicyclic) bond motifs is 1. The van der Waals surface area contributed by atoms with Gasteiger partial charge in [0.2, 0.25) is 0 Å². The molecule has 1 atom stereocenters. The molecule has 0 saturated carbocycles. The number of carbonyl (C=O) groups is 1. The van der Waals surface area contributed by atoms with Crippen LogP contribution in [0.4, 0.5) is 4.79 Å². The average Bonchev–Trinajstić information content (AvgIpc) is 3.21. The number of carboxylic acid groups (broad SMARTS) is 1. The molecule has 3 N–H and O–H groups in total. The Hall–Kier alpha value is -4.15. The molecule has 2 aromatic heterocycles. The number of rotatable bonds is 5. The van der Waals surface area contributed by atoms with Crippen molar-refractivity contribution in [1.29, 1.82) is 0 Å². The van der Waals surface area contributed by atoms with E-state index in [1.165, 1.54) is 0 Å². The molecule has 0 unspecified atom stereocenters. The molecule has 1 amide bonds. The smallest absolute Gasteiger partial charge is 0.405 e. The fourth-order valence-electron chi connectivity index (χ4n) is 3.48. The molecule has 0 saturated heterocycles. The lowest BCUT2D eigenvalue weighted by Gasteiger charge is -2.20. The zero-order valence-corrected chi connectivity index (χ0v) is 16.4. The van der Waals surface area contributed by atoms with Crippen LogP contribution < -0.4 is 5.32 Å². The van der Waals surface area contributed by atoms with Gasteiger partial charge in [0.25, 0.3) is 0 Å². The Bertz CT molecular complexity index is 1270. The van der Waals surface area contributed by atoms with E-state index in [0.29, 0.717) is 23.3 Å². The molecule has 7 heteroatoms. The summed E-state index contributed by atoms with van der Waals surface area (Å²) in [6.07, 6.45) is 0.954. The van der Waals surface area contributed by atoms with E-state index < -0.39 is 12.1 Å². The van der Waals surface area contributed by atoms with Crippen LogP contribution in [0.3, 0.4) is 0 Å². The van der Waals surface area contributed by atoms with Crippen molar-refractivity contribution in [3.63, 3.8) is 0 Å². The number of nitrogens with zero attached hydrogens (tertiary/aromatic N) is 2. The number of hydrogen-bond donors (Lipinski definition) is 3. The van der Waals surface area contributed by atoms with Gasteiger partial charge in [-0.05, 0) is 35.9 Å². The van der Waals surface area contributed by atoms with E-state index in [-0.39, 0.29) is 6.61 Å². The fraction of sp³-hybridized carbons (Fsp3) is 0.125. The minimum Gasteiger partial charge on any atom is -0.465 e. The van der Waals surface area contributed by atoms with Gasteiger partial charge in [-0.2, -0.15) is 0 Å². The second-order valence-corrected chi connectivity index (χ2v) is 6.82. The molecular weight excluding hydrogens is 394 g/mol. The van der Waals surface area contributed by atoms with Gasteiger partial charge in [0, 0.05) is 34.8 Å². The van der Waals surface area contributed by atoms with Crippen molar-refractivity contribution in [3.05, 3.63) is 83.7 Å². The van der Waals surface area contributed by atoms with Crippen LogP contribution >= 0.6 is 0 Å². The van der Waals surface area contributed by atoms with E-state index in [1.54, 1.807) is 12.3 Å². The molecule has 154 valence electrons. The molecule has 4 rings (SSSR count). The van der Waals surface area contributed by atoms with Crippen molar-refractivity contribution in [2.75, 3.05) is 6.61 Å². The highest BCUT2D eigenvalue weighted by Gasteiger charge is 2.22. The number of pyridine rings is 1. The number of aliphatic hydroxyl groups is 1. The summed E-state index contributed by atoms with van der Waals surface area (Å²) in [4.78, 5) is 15.8. The van der Waals surface area contributed by atoms with Gasteiger partial charge >= 0.3 is 6.09 Å². The first-order valence-electron chi connectivity index (χ1n) is 9.63. The summed E-state index contributed by atoms with van der Waals surface area (Å²) in [5, 5.41) is 25.9. The molecule has 0 aliphatic rings. The lowest BCUT2D eigenvalue weighted by atomic mass is 9.93. The largest absolute Gasteiger partial charge is 0.465 e. The Morgan fingerprint density at radius 3 is 2.74 bits per heavy atom. The monoisotopic (exact) mass is 413 g/mol. The van der Waals surface area contributed by atoms with Crippen LogP contribution in [0.15, 0.2) is 71.4 Å². The standard InChI is InChI=1S/C24H19N3O4/c28-13-5-6-16-10-11-20-22(14-16)31-27-23(20)19-9-2-1-8-18(19)21(26-24(29)30)15-17-7-3-4-12-25-17/h1-4,7-12,14,21,26,28H,13,15H2,(H,29,30)/t21-/m0/s1. The van der Waals surface area contributed by atoms with E-state index >= 15 is 0 Å². The predicted molar refractivity (Wildman–Crippen MR) is 115 cm³/mol. The van der Waals surface area contributed by atoms with Crippen LogP contribution in [0.5, 0.6) is 0 Å². The highest BCUT2D eigenvalue weighted by atomic mass is 16.5. The van der Waals surface area contributed by atoms with Crippen LogP contribution in [-0.4, -0.2) is 33.1 Å². The summed E-state index contributed by atoms with van der Waals surface area (Å²) < 4.78 is 5.53. The van der Waals surface area contributed by atoms with Crippen LogP contribution in [-0.2, 0) is 6.42 Å². The van der Waals surface area contributed by atoms with Gasteiger partial charge in [0.1, 0.15) is 12.3 Å². The van der Waals surface area contributed by atoms with Crippen LogP contribution in [0, 0.1) is 11.8 Å². The Morgan fingerprint density at radius 1 is 1.13 bits per heavy atom. The lowest BCUT2D eigenvalue weighted by Crippen LogP contribution is -2.29. The number of nitrogens with one attached hydrogen (secondary N) is 1. The molecular formula is C24H19N3O4. The Morgan fingerprint density at radius 2 is 1.97 bits per heavy atom. The van der Waals surface area contributed by atoms with Crippen molar-refractivity contribution >= 4 is 17.1 Å². The lowest BCUT2D eigenvalue weighted by molar-refractivity contribution is 0.189. The Labute approximate surface area is 178 Å². The number of aliphatic hydroxyl groups excluding tert-OH is 1. The van der Waals surface area contributed by atoms with E-state index in [0.717, 1.165) is 22.2 Å². The average molecular weight is 413 g/mol. The van der Waals surface area contributed by atoms with Crippen molar-refractivity contribution in [1.82, 2.24) is 15.5 Å². The van der Waals surface area contributed by atoms with E-state index in [2.05, 4.69) is 27.3 Å². The molecule has 0 aliphatic heterocycles. The molecule has 4 aromatic rings. The van der Waals surface area contributed by atoms with Gasteiger partial charge in [-0.1, -0.05) is 47.3 Å². The molecule has 0 fully saturated rings. The topological polar surface area (TPSA) is 108 Å². The summed E-state index contributed by atoms with van der Waals surface area (Å²) in [5.74, 6) is 5.45. The number of amides is 1. The molecule has 0 aliphatic carbocycles. The van der Waals surface area contributed by atoms with Crippen LogP contribution in [0.2, 0.25) is 0 Å². The van der Waals surface area contributed by atoms with E-state index in [1.807, 2.05) is 54.6 Å². The molecule has 0 radical (unpaired) electrons. The normalized spacial score (nSPS) is 11.5. The van der Waals surface area contributed by atoms with Crippen LogP contribution in [0.25, 0.3) is 22.2 Å². The maximum atomic E-state index is 11.5. The zero-order chi connectivity index (χ0) is 21.6. The first-order valence-corrected chi connectivity index (χ1v) is 9.63. The summed E-state index contributed by atoms with van der Waals surface area (Å²) in [6, 6.07) is 18.0.